The van der Waals surface area contributed by atoms with Crippen molar-refractivity contribution in [2.24, 2.45) is 20.8 Å². The van der Waals surface area contributed by atoms with Gasteiger partial charge in [0.05, 0.1) is 29.1 Å². The molecule has 1 rings (SSSR count). The maximum atomic E-state index is 11.4. The highest BCUT2D eigenvalue weighted by molar-refractivity contribution is 7.75. The minimum Gasteiger partial charge on any atom is -0.347 e. The lowest BCUT2D eigenvalue weighted by molar-refractivity contribution is 0.0923. The molecule has 0 saturated heterocycles. The zero-order valence-electron chi connectivity index (χ0n) is 13.1. The molecule has 10 heteroatoms. The third kappa shape index (κ3) is 12.8. The number of nitriles is 1. The molecule has 0 fully saturated rings. The standard InChI is InChI=1S/C9H13NOS.C5HN5OS/c1-9(2,3)10-8(11)7-5-4-6-12-7;6-4-2-1-3-5-7-8-9-10-11-12/h4-6H,1-3H3,(H,10,11);12H/b;8-7?,10-9+. The summed E-state index contributed by atoms with van der Waals surface area (Å²) in [4.78, 5) is 12.2. The van der Waals surface area contributed by atoms with Gasteiger partial charge in [0, 0.05) is 28.5 Å². The highest BCUT2D eigenvalue weighted by Crippen LogP contribution is 2.10. The Morgan fingerprint density at radius 2 is 2.08 bits per heavy atom. The van der Waals surface area contributed by atoms with Gasteiger partial charge in [-0.2, -0.15) is 5.26 Å². The smallest absolute Gasteiger partial charge is 0.261 e. The number of thiol groups is 1. The maximum absolute atomic E-state index is 11.4. The summed E-state index contributed by atoms with van der Waals surface area (Å²) in [6.07, 6.45) is 0. The lowest BCUT2D eigenvalue weighted by Crippen LogP contribution is -2.40. The van der Waals surface area contributed by atoms with Gasteiger partial charge in [0.2, 0.25) is 0 Å². The quantitative estimate of drug-likeness (QED) is 0.283. The van der Waals surface area contributed by atoms with Gasteiger partial charge in [-0.3, -0.25) is 4.79 Å². The van der Waals surface area contributed by atoms with E-state index in [1.54, 1.807) is 6.07 Å². The predicted molar refractivity (Wildman–Crippen MR) is 92.5 cm³/mol. The highest BCUT2D eigenvalue weighted by Gasteiger charge is 2.15. The fraction of sp³-hybridized carbons (Fsp3) is 0.286. The normalized spacial score (nSPS) is 9.62. The zero-order valence-corrected chi connectivity index (χ0v) is 14.9. The van der Waals surface area contributed by atoms with Crippen LogP contribution in [0, 0.1) is 35.1 Å². The Kier molecular flexibility index (Phi) is 11.1. The molecule has 0 spiro atoms. The first kappa shape index (κ1) is 21.1. The largest absolute Gasteiger partial charge is 0.347 e. The van der Waals surface area contributed by atoms with Crippen LogP contribution < -0.4 is 5.32 Å². The van der Waals surface area contributed by atoms with Crippen molar-refractivity contribution in [1.82, 2.24) is 5.32 Å². The van der Waals surface area contributed by atoms with Crippen LogP contribution in [0.15, 0.2) is 38.4 Å². The van der Waals surface area contributed by atoms with Gasteiger partial charge >= 0.3 is 0 Å². The average Bonchev–Trinajstić information content (AvgIpc) is 3.03. The summed E-state index contributed by atoms with van der Waals surface area (Å²) in [7, 11) is 0. The fourth-order valence-corrected chi connectivity index (χ4v) is 1.65. The highest BCUT2D eigenvalue weighted by atomic mass is 32.1. The molecule has 0 aliphatic rings. The van der Waals surface area contributed by atoms with Gasteiger partial charge < -0.3 is 9.60 Å². The molecule has 124 valence electrons. The molecule has 1 heterocycles. The molecule has 0 atom stereocenters. The van der Waals surface area contributed by atoms with E-state index in [4.69, 9.17) is 5.26 Å². The predicted octanol–water partition coefficient (Wildman–Crippen LogP) is 3.35. The van der Waals surface area contributed by atoms with Gasteiger partial charge in [-0.25, -0.2) is 0 Å². The molecular formula is C14H14N6O2S2. The van der Waals surface area contributed by atoms with Crippen molar-refractivity contribution >= 4 is 30.2 Å². The first-order valence-corrected chi connectivity index (χ1v) is 7.51. The number of nitrogens with one attached hydrogen (secondary N) is 1. The number of nitrogens with zero attached hydrogens (tertiary/aromatic N) is 5. The van der Waals surface area contributed by atoms with Crippen LogP contribution in [0.5, 0.6) is 0 Å². The van der Waals surface area contributed by atoms with Crippen LogP contribution in [0.1, 0.15) is 30.4 Å². The Morgan fingerprint density at radius 3 is 2.62 bits per heavy atom. The van der Waals surface area contributed by atoms with Gasteiger partial charge in [0.15, 0.2) is 6.07 Å². The van der Waals surface area contributed by atoms with Gasteiger partial charge in [-0.1, -0.05) is 11.2 Å². The second-order valence-corrected chi connectivity index (χ2v) is 5.83. The Bertz CT molecular complexity index is 722. The van der Waals surface area contributed by atoms with Crippen LogP contribution in [0.2, 0.25) is 0 Å². The van der Waals surface area contributed by atoms with Crippen LogP contribution in [0.4, 0.5) is 0 Å². The van der Waals surface area contributed by atoms with Crippen molar-refractivity contribution in [1.29, 1.82) is 5.26 Å². The Balaban J connectivity index is 0.000000441. The van der Waals surface area contributed by atoms with Gasteiger partial charge in [-0.15, -0.1) is 11.3 Å². The molecule has 0 saturated carbocycles. The topological polar surface area (TPSA) is 112 Å². The minimum absolute atomic E-state index is 0.0116. The van der Waals surface area contributed by atoms with Gasteiger partial charge in [0.1, 0.15) is 0 Å². The molecule has 1 amide bonds. The van der Waals surface area contributed by atoms with E-state index in [0.29, 0.717) is 0 Å². The van der Waals surface area contributed by atoms with Crippen molar-refractivity contribution in [3.05, 3.63) is 22.4 Å². The second kappa shape index (κ2) is 12.7. The molecule has 0 unspecified atom stereocenters. The minimum atomic E-state index is -0.152. The molecule has 1 aromatic rings. The first-order valence-electron chi connectivity index (χ1n) is 6.26. The number of carbonyl (C=O) groups is 1. The number of amides is 1. The van der Waals surface area contributed by atoms with E-state index in [1.807, 2.05) is 44.2 Å². The molecule has 0 bridgehead atoms. The number of carbonyl (C=O) groups excluding carboxylic acids is 1. The summed E-state index contributed by atoms with van der Waals surface area (Å²) in [5.74, 6) is 6.44. The van der Waals surface area contributed by atoms with Crippen LogP contribution in [-0.4, -0.2) is 11.4 Å². The molecule has 0 radical (unpaired) electrons. The van der Waals surface area contributed by atoms with Crippen molar-refractivity contribution < 1.29 is 9.08 Å². The van der Waals surface area contributed by atoms with Crippen molar-refractivity contribution in [3.63, 3.8) is 0 Å². The van der Waals surface area contributed by atoms with E-state index in [1.165, 1.54) is 11.3 Å². The van der Waals surface area contributed by atoms with E-state index in [2.05, 4.69) is 61.2 Å². The molecule has 8 nitrogen and oxygen atoms in total. The second-order valence-electron chi connectivity index (χ2n) is 4.72. The molecule has 1 aromatic heterocycles. The SMILES string of the molecule is CC(C)(C)NC(=O)c1cccs1.N#CC#CC#CN=N/N=N/OS. The lowest BCUT2D eigenvalue weighted by Gasteiger charge is -2.19. The van der Waals surface area contributed by atoms with Crippen LogP contribution >= 0.6 is 24.2 Å². The lowest BCUT2D eigenvalue weighted by atomic mass is 10.1. The van der Waals surface area contributed by atoms with Gasteiger partial charge in [-0.05, 0) is 37.4 Å². The van der Waals surface area contributed by atoms with E-state index in [9.17, 15) is 4.79 Å². The molecule has 24 heavy (non-hydrogen) atoms. The van der Waals surface area contributed by atoms with E-state index >= 15 is 0 Å². The van der Waals surface area contributed by atoms with Crippen molar-refractivity contribution in [2.45, 2.75) is 26.3 Å². The number of thiophene rings is 1. The molecule has 0 aromatic carbocycles. The van der Waals surface area contributed by atoms with Crippen LogP contribution in [-0.2, 0) is 4.28 Å². The van der Waals surface area contributed by atoms with Crippen molar-refractivity contribution in [2.75, 3.05) is 0 Å². The Labute approximate surface area is 149 Å². The van der Waals surface area contributed by atoms with E-state index in [-0.39, 0.29) is 11.4 Å². The number of hydrogen-bond donors (Lipinski definition) is 2. The zero-order chi connectivity index (χ0) is 18.3. The molecule has 0 aliphatic carbocycles. The number of rotatable bonds is 3. The summed E-state index contributed by atoms with van der Waals surface area (Å²) in [5, 5.41) is 24.8. The first-order chi connectivity index (χ1) is 11.4. The summed E-state index contributed by atoms with van der Waals surface area (Å²) in [5.41, 5.74) is -0.152. The van der Waals surface area contributed by atoms with Crippen LogP contribution in [0.3, 0.4) is 0 Å². The third-order valence-corrected chi connectivity index (χ3v) is 2.62. The molecule has 0 aliphatic heterocycles. The van der Waals surface area contributed by atoms with E-state index < -0.39 is 0 Å². The summed E-state index contributed by atoms with van der Waals surface area (Å²) < 4.78 is 3.87. The average molecular weight is 362 g/mol. The molecular weight excluding hydrogens is 348 g/mol. The summed E-state index contributed by atoms with van der Waals surface area (Å²) >= 11 is 4.69. The van der Waals surface area contributed by atoms with Crippen LogP contribution in [0.25, 0.3) is 0 Å². The van der Waals surface area contributed by atoms with E-state index in [0.717, 1.165) is 4.88 Å². The van der Waals surface area contributed by atoms with Gasteiger partial charge in [0.25, 0.3) is 5.91 Å². The number of hydrogen-bond acceptors (Lipinski definition) is 7. The monoisotopic (exact) mass is 362 g/mol. The summed E-state index contributed by atoms with van der Waals surface area (Å²) in [6.45, 7) is 5.91. The fourth-order valence-electron chi connectivity index (χ4n) is 0.997. The Hall–Kier alpha value is -2.87. The molecule has 1 N–H and O–H groups in total. The maximum Gasteiger partial charge on any atom is 0.261 e. The van der Waals surface area contributed by atoms with Crippen molar-refractivity contribution in [3.8, 4) is 29.9 Å². The summed E-state index contributed by atoms with van der Waals surface area (Å²) in [6, 6.07) is 7.40. The third-order valence-electron chi connectivity index (χ3n) is 1.68. The Morgan fingerprint density at radius 1 is 1.33 bits per heavy atom.